The fourth-order valence-electron chi connectivity index (χ4n) is 1.67. The second kappa shape index (κ2) is 7.36. The summed E-state index contributed by atoms with van der Waals surface area (Å²) in [6.45, 7) is 5.26. The summed E-state index contributed by atoms with van der Waals surface area (Å²) in [6, 6.07) is 0. The number of halogens is 2. The lowest BCUT2D eigenvalue weighted by Gasteiger charge is -2.21. The quantitative estimate of drug-likeness (QED) is 0.720. The van der Waals surface area contributed by atoms with E-state index in [4.69, 9.17) is 16.3 Å². The number of rotatable bonds is 7. The van der Waals surface area contributed by atoms with Gasteiger partial charge in [0.2, 0.25) is 0 Å². The fourth-order valence-corrected chi connectivity index (χ4v) is 2.37. The summed E-state index contributed by atoms with van der Waals surface area (Å²) in [7, 11) is 3.67. The molecule has 1 rings (SSSR count). The monoisotopic (exact) mass is 323 g/mol. The zero-order valence-corrected chi connectivity index (χ0v) is 12.9. The van der Waals surface area contributed by atoms with Gasteiger partial charge in [-0.1, -0.05) is 0 Å². The van der Waals surface area contributed by atoms with Gasteiger partial charge in [-0.25, -0.2) is 0 Å². The molecule has 0 fully saturated rings. The third kappa shape index (κ3) is 4.25. The highest BCUT2D eigenvalue weighted by atomic mass is 79.9. The normalized spacial score (nSPS) is 11.4. The van der Waals surface area contributed by atoms with Crippen molar-refractivity contribution in [3.8, 4) is 0 Å². The SMILES string of the molecule is COCCN(CCCl)Cc1c(Br)c(C)nn1C. The third-order valence-corrected chi connectivity index (χ3v) is 3.85. The number of methoxy groups -OCH3 is 1. The van der Waals surface area contributed by atoms with Crippen LogP contribution in [0.4, 0.5) is 0 Å². The molecule has 0 radical (unpaired) electrons. The Labute approximate surface area is 116 Å². The Kier molecular flexibility index (Phi) is 6.48. The predicted molar refractivity (Wildman–Crippen MR) is 73.5 cm³/mol. The van der Waals surface area contributed by atoms with Crippen LogP contribution in [0.5, 0.6) is 0 Å². The van der Waals surface area contributed by atoms with E-state index in [-0.39, 0.29) is 0 Å². The molecular formula is C11H19BrClN3O. The van der Waals surface area contributed by atoms with Crippen molar-refractivity contribution in [2.75, 3.05) is 32.7 Å². The van der Waals surface area contributed by atoms with E-state index in [0.717, 1.165) is 29.8 Å². The van der Waals surface area contributed by atoms with Crippen LogP contribution in [0, 0.1) is 6.92 Å². The third-order valence-electron chi connectivity index (χ3n) is 2.65. The molecule has 1 heterocycles. The van der Waals surface area contributed by atoms with Gasteiger partial charge in [0.05, 0.1) is 22.5 Å². The van der Waals surface area contributed by atoms with Crippen molar-refractivity contribution >= 4 is 27.5 Å². The molecule has 98 valence electrons. The van der Waals surface area contributed by atoms with Gasteiger partial charge in [-0.05, 0) is 22.9 Å². The number of hydrogen-bond donors (Lipinski definition) is 0. The molecule has 0 amide bonds. The molecule has 17 heavy (non-hydrogen) atoms. The summed E-state index contributed by atoms with van der Waals surface area (Å²) < 4.78 is 8.09. The largest absolute Gasteiger partial charge is 0.383 e. The molecule has 0 saturated heterocycles. The average molecular weight is 325 g/mol. The van der Waals surface area contributed by atoms with Gasteiger partial charge in [-0.15, -0.1) is 11.6 Å². The van der Waals surface area contributed by atoms with Crippen molar-refractivity contribution in [1.82, 2.24) is 14.7 Å². The van der Waals surface area contributed by atoms with Crippen LogP contribution in [-0.2, 0) is 18.3 Å². The molecule has 4 nitrogen and oxygen atoms in total. The van der Waals surface area contributed by atoms with Crippen LogP contribution in [0.3, 0.4) is 0 Å². The van der Waals surface area contributed by atoms with Gasteiger partial charge < -0.3 is 4.74 Å². The minimum Gasteiger partial charge on any atom is -0.383 e. The van der Waals surface area contributed by atoms with Gasteiger partial charge >= 0.3 is 0 Å². The topological polar surface area (TPSA) is 30.3 Å². The van der Waals surface area contributed by atoms with E-state index in [9.17, 15) is 0 Å². The minimum atomic E-state index is 0.623. The smallest absolute Gasteiger partial charge is 0.0739 e. The molecule has 1 aromatic rings. The zero-order chi connectivity index (χ0) is 12.8. The van der Waals surface area contributed by atoms with Crippen LogP contribution in [-0.4, -0.2) is 47.4 Å². The first-order valence-electron chi connectivity index (χ1n) is 5.55. The molecular weight excluding hydrogens is 305 g/mol. The van der Waals surface area contributed by atoms with Gasteiger partial charge in [-0.3, -0.25) is 9.58 Å². The van der Waals surface area contributed by atoms with Crippen LogP contribution in [0.15, 0.2) is 4.47 Å². The van der Waals surface area contributed by atoms with Crippen LogP contribution in [0.25, 0.3) is 0 Å². The van der Waals surface area contributed by atoms with Crippen molar-refractivity contribution in [2.45, 2.75) is 13.5 Å². The Morgan fingerprint density at radius 2 is 2.18 bits per heavy atom. The molecule has 0 spiro atoms. The van der Waals surface area contributed by atoms with Crippen LogP contribution >= 0.6 is 27.5 Å². The average Bonchev–Trinajstić information content (AvgIpc) is 2.53. The molecule has 0 unspecified atom stereocenters. The van der Waals surface area contributed by atoms with Crippen molar-refractivity contribution in [2.24, 2.45) is 7.05 Å². The summed E-state index contributed by atoms with van der Waals surface area (Å²) in [6.07, 6.45) is 0. The van der Waals surface area contributed by atoms with E-state index in [1.54, 1.807) is 7.11 Å². The summed E-state index contributed by atoms with van der Waals surface area (Å²) >= 11 is 9.38. The van der Waals surface area contributed by atoms with Crippen LogP contribution in [0.1, 0.15) is 11.4 Å². The van der Waals surface area contributed by atoms with E-state index in [0.29, 0.717) is 12.5 Å². The Morgan fingerprint density at radius 1 is 1.47 bits per heavy atom. The maximum absolute atomic E-state index is 5.81. The highest BCUT2D eigenvalue weighted by Crippen LogP contribution is 2.21. The molecule has 0 aliphatic heterocycles. The maximum atomic E-state index is 5.81. The highest BCUT2D eigenvalue weighted by molar-refractivity contribution is 9.10. The van der Waals surface area contributed by atoms with Gasteiger partial charge in [0, 0.05) is 39.7 Å². The molecule has 0 bridgehead atoms. The minimum absolute atomic E-state index is 0.623. The predicted octanol–water partition coefficient (Wildman–Crippen LogP) is 2.18. The molecule has 0 aromatic carbocycles. The standard InChI is InChI=1S/C11H19BrClN3O/c1-9-11(12)10(15(2)14-9)8-16(5-4-13)6-7-17-3/h4-8H2,1-3H3. The van der Waals surface area contributed by atoms with E-state index in [2.05, 4.69) is 25.9 Å². The van der Waals surface area contributed by atoms with Crippen LogP contribution in [0.2, 0.25) is 0 Å². The number of hydrogen-bond acceptors (Lipinski definition) is 3. The molecule has 0 saturated carbocycles. The summed E-state index contributed by atoms with van der Waals surface area (Å²) in [4.78, 5) is 2.26. The number of nitrogens with zero attached hydrogens (tertiary/aromatic N) is 3. The molecule has 1 aromatic heterocycles. The first kappa shape index (κ1) is 15.0. The molecule has 0 N–H and O–H groups in total. The van der Waals surface area contributed by atoms with Crippen molar-refractivity contribution in [1.29, 1.82) is 0 Å². The highest BCUT2D eigenvalue weighted by Gasteiger charge is 2.14. The van der Waals surface area contributed by atoms with Gasteiger partial charge in [0.15, 0.2) is 0 Å². The van der Waals surface area contributed by atoms with Crippen LogP contribution < -0.4 is 0 Å². The lowest BCUT2D eigenvalue weighted by molar-refractivity contribution is 0.146. The molecule has 0 aliphatic carbocycles. The fraction of sp³-hybridized carbons (Fsp3) is 0.727. The number of aryl methyl sites for hydroxylation is 2. The number of alkyl halides is 1. The van der Waals surface area contributed by atoms with Gasteiger partial charge in [0.25, 0.3) is 0 Å². The first-order valence-corrected chi connectivity index (χ1v) is 6.88. The zero-order valence-electron chi connectivity index (χ0n) is 10.5. The second-order valence-electron chi connectivity index (χ2n) is 3.93. The summed E-state index contributed by atoms with van der Waals surface area (Å²) in [5.41, 5.74) is 2.18. The summed E-state index contributed by atoms with van der Waals surface area (Å²) in [5, 5.41) is 4.38. The van der Waals surface area contributed by atoms with Crippen molar-refractivity contribution in [3.05, 3.63) is 15.9 Å². The summed E-state index contributed by atoms with van der Waals surface area (Å²) in [5.74, 6) is 0.623. The van der Waals surface area contributed by atoms with Crippen molar-refractivity contribution < 1.29 is 4.74 Å². The molecule has 0 atom stereocenters. The Morgan fingerprint density at radius 3 is 2.65 bits per heavy atom. The Hall–Kier alpha value is -0.100. The Bertz CT molecular complexity index is 357. The second-order valence-corrected chi connectivity index (χ2v) is 5.10. The maximum Gasteiger partial charge on any atom is 0.0739 e. The Balaban J connectivity index is 2.70. The van der Waals surface area contributed by atoms with Crippen molar-refractivity contribution in [3.63, 3.8) is 0 Å². The lowest BCUT2D eigenvalue weighted by Crippen LogP contribution is -2.30. The number of aromatic nitrogens is 2. The van der Waals surface area contributed by atoms with E-state index in [1.165, 1.54) is 5.69 Å². The molecule has 6 heteroatoms. The number of ether oxygens (including phenoxy) is 1. The first-order chi connectivity index (χ1) is 8.10. The van der Waals surface area contributed by atoms with E-state index in [1.807, 2.05) is 18.7 Å². The van der Waals surface area contributed by atoms with E-state index >= 15 is 0 Å². The van der Waals surface area contributed by atoms with E-state index < -0.39 is 0 Å². The lowest BCUT2D eigenvalue weighted by atomic mass is 10.3. The molecule has 0 aliphatic rings. The van der Waals surface area contributed by atoms with Gasteiger partial charge in [0.1, 0.15) is 0 Å². The van der Waals surface area contributed by atoms with Gasteiger partial charge in [-0.2, -0.15) is 5.10 Å².